The van der Waals surface area contributed by atoms with Gasteiger partial charge >= 0.3 is 12.0 Å². The molecule has 1 aromatic heterocycles. The van der Waals surface area contributed by atoms with Crippen molar-refractivity contribution < 1.29 is 19.1 Å². The highest BCUT2D eigenvalue weighted by Crippen LogP contribution is 2.09. The summed E-state index contributed by atoms with van der Waals surface area (Å²) >= 11 is 0. The Balaban J connectivity index is 1.50. The van der Waals surface area contributed by atoms with E-state index >= 15 is 0 Å². The van der Waals surface area contributed by atoms with E-state index < -0.39 is 11.5 Å². The number of nitrogens with zero attached hydrogens (tertiary/aromatic N) is 5. The fourth-order valence-corrected chi connectivity index (χ4v) is 2.58. The number of carbonyl (C=O) groups is 3. The van der Waals surface area contributed by atoms with E-state index in [1.165, 1.54) is 11.9 Å². The summed E-state index contributed by atoms with van der Waals surface area (Å²) in [5, 5.41) is 8.00. The molecule has 1 fully saturated rings. The fraction of sp³-hybridized carbons (Fsp3) is 0.375. The Hall–Kier alpha value is -3.30. The van der Waals surface area contributed by atoms with Gasteiger partial charge in [0.2, 0.25) is 5.91 Å². The Labute approximate surface area is 147 Å². The molecule has 0 N–H and O–H groups in total. The maximum atomic E-state index is 12.2. The molecule has 10 heteroatoms. The molecule has 136 valence electrons. The van der Waals surface area contributed by atoms with E-state index in [0.717, 1.165) is 9.58 Å². The number of imide groups is 1. The largest absolute Gasteiger partial charge is 0.442 e. The minimum Gasteiger partial charge on any atom is -0.442 e. The van der Waals surface area contributed by atoms with Crippen LogP contribution in [0.1, 0.15) is 12.8 Å². The minimum atomic E-state index is -0.556. The second-order valence-corrected chi connectivity index (χ2v) is 5.84. The molecular formula is C16H17N5O5. The summed E-state index contributed by atoms with van der Waals surface area (Å²) < 4.78 is 5.98. The summed E-state index contributed by atoms with van der Waals surface area (Å²) in [6, 6.07) is 6.36. The van der Waals surface area contributed by atoms with Crippen molar-refractivity contribution in [1.82, 2.24) is 24.8 Å². The zero-order valence-electron chi connectivity index (χ0n) is 14.1. The Morgan fingerprint density at radius 1 is 1.23 bits per heavy atom. The first-order chi connectivity index (χ1) is 12.5. The van der Waals surface area contributed by atoms with E-state index in [-0.39, 0.29) is 44.6 Å². The molecule has 0 unspecified atom stereocenters. The second-order valence-electron chi connectivity index (χ2n) is 5.84. The van der Waals surface area contributed by atoms with Crippen LogP contribution in [0, 0.1) is 0 Å². The van der Waals surface area contributed by atoms with Gasteiger partial charge in [-0.2, -0.15) is 4.68 Å². The number of likely N-dealkylation sites (N-methyl/N-ethyl adjacent to an activating group) is 1. The Kier molecular flexibility index (Phi) is 4.92. The Morgan fingerprint density at radius 3 is 2.73 bits per heavy atom. The molecule has 0 spiro atoms. The average Bonchev–Trinajstić information content (AvgIpc) is 2.87. The molecule has 0 atom stereocenters. The van der Waals surface area contributed by atoms with E-state index in [4.69, 9.17) is 4.74 Å². The van der Waals surface area contributed by atoms with Gasteiger partial charge in [-0.1, -0.05) is 17.3 Å². The molecule has 0 radical (unpaired) electrons. The van der Waals surface area contributed by atoms with Crippen molar-refractivity contribution in [3.63, 3.8) is 0 Å². The number of ether oxygens (including phenoxy) is 1. The van der Waals surface area contributed by atoms with Gasteiger partial charge in [-0.25, -0.2) is 4.79 Å². The zero-order valence-corrected chi connectivity index (χ0v) is 14.1. The predicted molar refractivity (Wildman–Crippen MR) is 88.9 cm³/mol. The fourth-order valence-electron chi connectivity index (χ4n) is 2.58. The normalized spacial score (nSPS) is 14.3. The highest BCUT2D eigenvalue weighted by Gasteiger charge is 2.32. The van der Waals surface area contributed by atoms with Gasteiger partial charge < -0.3 is 9.64 Å². The number of carbonyl (C=O) groups excluding carboxylic acids is 3. The van der Waals surface area contributed by atoms with Gasteiger partial charge in [-0.3, -0.25) is 19.3 Å². The number of benzene rings is 1. The SMILES string of the molecule is CN1CC(=O)N(CCCC(=O)OCn2nnc3ccccc3c2=O)C1=O. The van der Waals surface area contributed by atoms with E-state index in [9.17, 15) is 19.2 Å². The van der Waals surface area contributed by atoms with Crippen LogP contribution in [-0.4, -0.2) is 62.8 Å². The number of fused-ring (bicyclic) bond motifs is 1. The summed E-state index contributed by atoms with van der Waals surface area (Å²) in [4.78, 5) is 49.8. The van der Waals surface area contributed by atoms with Crippen LogP contribution >= 0.6 is 0 Å². The summed E-state index contributed by atoms with van der Waals surface area (Å²) in [5.41, 5.74) is 0.0599. The van der Waals surface area contributed by atoms with Crippen molar-refractivity contribution in [3.05, 3.63) is 34.6 Å². The molecule has 0 bridgehead atoms. The maximum Gasteiger partial charge on any atom is 0.326 e. The quantitative estimate of drug-likeness (QED) is 0.525. The highest BCUT2D eigenvalue weighted by molar-refractivity contribution is 6.01. The van der Waals surface area contributed by atoms with Crippen molar-refractivity contribution in [2.75, 3.05) is 20.1 Å². The smallest absolute Gasteiger partial charge is 0.326 e. The van der Waals surface area contributed by atoms with E-state index in [1.807, 2.05) is 0 Å². The summed E-state index contributed by atoms with van der Waals surface area (Å²) in [6.07, 6.45) is 0.291. The van der Waals surface area contributed by atoms with Crippen LogP contribution < -0.4 is 5.56 Å². The van der Waals surface area contributed by atoms with E-state index in [1.54, 1.807) is 24.3 Å². The van der Waals surface area contributed by atoms with Crippen molar-refractivity contribution in [1.29, 1.82) is 0 Å². The maximum absolute atomic E-state index is 12.2. The molecule has 3 rings (SSSR count). The number of amides is 3. The first-order valence-electron chi connectivity index (χ1n) is 8.01. The lowest BCUT2D eigenvalue weighted by atomic mass is 10.2. The standard InChI is InChI=1S/C16H17N5O5/c1-19-9-13(22)20(16(19)25)8-4-7-14(23)26-10-21-15(24)11-5-2-3-6-12(11)17-18-21/h2-3,5-6H,4,7-10H2,1H3. The minimum absolute atomic E-state index is 0.0105. The Morgan fingerprint density at radius 2 is 2.00 bits per heavy atom. The Bertz CT molecular complexity index is 925. The zero-order chi connectivity index (χ0) is 18.7. The lowest BCUT2D eigenvalue weighted by Gasteiger charge is -2.13. The molecule has 1 aliphatic rings. The lowest BCUT2D eigenvalue weighted by Crippen LogP contribution is -2.32. The molecule has 0 aliphatic carbocycles. The van der Waals surface area contributed by atoms with Gasteiger partial charge in [-0.15, -0.1) is 5.10 Å². The van der Waals surface area contributed by atoms with Gasteiger partial charge in [0.1, 0.15) is 12.1 Å². The molecular weight excluding hydrogens is 342 g/mol. The van der Waals surface area contributed by atoms with Crippen LogP contribution in [0.15, 0.2) is 29.1 Å². The highest BCUT2D eigenvalue weighted by atomic mass is 16.5. The molecule has 1 aromatic carbocycles. The molecule has 2 heterocycles. The first-order valence-corrected chi connectivity index (χ1v) is 8.01. The predicted octanol–water partition coefficient (Wildman–Crippen LogP) is -0.0336. The third kappa shape index (κ3) is 3.53. The monoisotopic (exact) mass is 359 g/mol. The molecule has 0 saturated carbocycles. The molecule has 10 nitrogen and oxygen atoms in total. The van der Waals surface area contributed by atoms with Gasteiger partial charge in [-0.05, 0) is 18.6 Å². The van der Waals surface area contributed by atoms with Crippen LogP contribution in [0.5, 0.6) is 0 Å². The summed E-state index contributed by atoms with van der Waals surface area (Å²) in [5.74, 6) is -0.844. The molecule has 2 aromatic rings. The first kappa shape index (κ1) is 17.5. The third-order valence-corrected chi connectivity index (χ3v) is 3.97. The van der Waals surface area contributed by atoms with Crippen LogP contribution in [0.2, 0.25) is 0 Å². The van der Waals surface area contributed by atoms with Crippen LogP contribution in [-0.2, 0) is 21.1 Å². The van der Waals surface area contributed by atoms with Crippen LogP contribution in [0.4, 0.5) is 4.79 Å². The van der Waals surface area contributed by atoms with Crippen molar-refractivity contribution in [3.8, 4) is 0 Å². The molecule has 3 amide bonds. The molecule has 1 aliphatic heterocycles. The van der Waals surface area contributed by atoms with Crippen molar-refractivity contribution in [2.45, 2.75) is 19.6 Å². The number of aromatic nitrogens is 3. The molecule has 26 heavy (non-hydrogen) atoms. The van der Waals surface area contributed by atoms with Crippen molar-refractivity contribution in [2.24, 2.45) is 0 Å². The van der Waals surface area contributed by atoms with Gasteiger partial charge in [0.25, 0.3) is 5.56 Å². The van der Waals surface area contributed by atoms with Crippen LogP contribution in [0.3, 0.4) is 0 Å². The lowest BCUT2D eigenvalue weighted by molar-refractivity contribution is -0.148. The van der Waals surface area contributed by atoms with Crippen molar-refractivity contribution >= 4 is 28.8 Å². The average molecular weight is 359 g/mol. The van der Waals surface area contributed by atoms with Crippen LogP contribution in [0.25, 0.3) is 10.9 Å². The topological polar surface area (TPSA) is 115 Å². The summed E-state index contributed by atoms with van der Waals surface area (Å²) in [6.45, 7) is -0.153. The van der Waals surface area contributed by atoms with E-state index in [2.05, 4.69) is 10.3 Å². The van der Waals surface area contributed by atoms with Gasteiger partial charge in [0.15, 0.2) is 6.73 Å². The molecule has 1 saturated heterocycles. The number of hydrogen-bond donors (Lipinski definition) is 0. The number of hydrogen-bond acceptors (Lipinski definition) is 7. The third-order valence-electron chi connectivity index (χ3n) is 3.97. The van der Waals surface area contributed by atoms with Gasteiger partial charge in [0, 0.05) is 20.0 Å². The number of urea groups is 1. The van der Waals surface area contributed by atoms with Gasteiger partial charge in [0.05, 0.1) is 5.39 Å². The number of esters is 1. The van der Waals surface area contributed by atoms with E-state index in [0.29, 0.717) is 10.9 Å². The second kappa shape index (κ2) is 7.30. The summed E-state index contributed by atoms with van der Waals surface area (Å²) in [7, 11) is 1.54. The number of rotatable bonds is 6.